The van der Waals surface area contributed by atoms with Gasteiger partial charge in [-0.25, -0.2) is 0 Å². The second-order valence-electron chi connectivity index (χ2n) is 4.42. The monoisotopic (exact) mass is 336 g/mol. The molecule has 19 heavy (non-hydrogen) atoms. The second kappa shape index (κ2) is 5.60. The van der Waals surface area contributed by atoms with Crippen molar-refractivity contribution in [1.29, 1.82) is 0 Å². The van der Waals surface area contributed by atoms with Gasteiger partial charge in [-0.05, 0) is 0 Å². The van der Waals surface area contributed by atoms with Crippen molar-refractivity contribution in [3.8, 4) is 0 Å². The van der Waals surface area contributed by atoms with Crippen LogP contribution in [-0.4, -0.2) is 53.5 Å². The van der Waals surface area contributed by atoms with Crippen molar-refractivity contribution in [2.45, 2.75) is 36.0 Å². The molecule has 1 saturated heterocycles. The van der Waals surface area contributed by atoms with Gasteiger partial charge in [-0.3, -0.25) is 0 Å². The third-order valence-electron chi connectivity index (χ3n) is 3.18. The van der Waals surface area contributed by atoms with Crippen LogP contribution in [0.25, 0.3) is 0 Å². The van der Waals surface area contributed by atoms with E-state index in [1.165, 1.54) is 10.8 Å². The number of ether oxygens (including phenoxy) is 1. The van der Waals surface area contributed by atoms with Gasteiger partial charge in [0.1, 0.15) is 0 Å². The molecule has 1 unspecified atom stereocenters. The third kappa shape index (κ3) is 2.54. The van der Waals surface area contributed by atoms with Gasteiger partial charge in [0.2, 0.25) is 0 Å². The summed E-state index contributed by atoms with van der Waals surface area (Å²) in [5.41, 5.74) is -0.606. The fraction of sp³-hybridized carbons (Fsp3) is 0.636. The topological polar surface area (TPSA) is 105 Å². The summed E-state index contributed by atoms with van der Waals surface area (Å²) < 4.78 is 6.83. The maximum absolute atomic E-state index is 11.8. The minimum atomic E-state index is -0.806. The predicted molar refractivity (Wildman–Crippen MR) is 68.4 cm³/mol. The summed E-state index contributed by atoms with van der Waals surface area (Å²) in [4.78, 5) is 25.1. The quantitative estimate of drug-likeness (QED) is 0.592. The number of aromatic amines is 1. The van der Waals surface area contributed by atoms with Crippen LogP contribution in [-0.2, 0) is 4.74 Å². The molecule has 106 valence electrons. The van der Waals surface area contributed by atoms with Gasteiger partial charge < -0.3 is 0 Å². The fourth-order valence-electron chi connectivity index (χ4n) is 2.12. The minimum absolute atomic E-state index is 0.0253. The van der Waals surface area contributed by atoms with Crippen LogP contribution in [0.2, 0.25) is 10.6 Å². The number of aliphatic hydroxyl groups is 2. The Morgan fingerprint density at radius 1 is 1.53 bits per heavy atom. The van der Waals surface area contributed by atoms with E-state index in [4.69, 9.17) is 9.84 Å². The maximum atomic E-state index is 11.8. The van der Waals surface area contributed by atoms with Crippen molar-refractivity contribution in [1.82, 2.24) is 9.55 Å². The zero-order valence-corrected chi connectivity index (χ0v) is 12.3. The first-order valence-electron chi connectivity index (χ1n) is 5.78. The van der Waals surface area contributed by atoms with Gasteiger partial charge in [0, 0.05) is 0 Å². The molecule has 1 aliphatic heterocycles. The molecule has 0 spiro atoms. The Morgan fingerprint density at radius 3 is 2.79 bits per heavy atom. The van der Waals surface area contributed by atoms with Crippen LogP contribution >= 0.6 is 0 Å². The van der Waals surface area contributed by atoms with E-state index in [2.05, 4.69) is 4.98 Å². The zero-order chi connectivity index (χ0) is 14.2. The number of nitrogens with one attached hydrogen (secondary N) is 1. The number of aliphatic hydroxyl groups excluding tert-OH is 2. The summed E-state index contributed by atoms with van der Waals surface area (Å²) >= 11 is 0.0253. The fourth-order valence-corrected chi connectivity index (χ4v) is 3.97. The Morgan fingerprint density at radius 2 is 2.21 bits per heavy atom. The normalized spacial score (nSPS) is 30.7. The molecule has 1 fully saturated rings. The molecule has 0 amide bonds. The van der Waals surface area contributed by atoms with Gasteiger partial charge in [-0.2, -0.15) is 0 Å². The Bertz CT molecular complexity index is 569. The van der Waals surface area contributed by atoms with E-state index in [9.17, 15) is 14.7 Å². The molecule has 2 heterocycles. The molecule has 7 nitrogen and oxygen atoms in total. The Hall–Kier alpha value is -0.921. The van der Waals surface area contributed by atoms with Crippen molar-refractivity contribution in [3.05, 3.63) is 32.6 Å². The van der Waals surface area contributed by atoms with Gasteiger partial charge >= 0.3 is 115 Å². The van der Waals surface area contributed by atoms with Gasteiger partial charge in [-0.1, -0.05) is 0 Å². The average Bonchev–Trinajstić information content (AvgIpc) is 2.70. The van der Waals surface area contributed by atoms with E-state index in [1.54, 1.807) is 6.92 Å². The van der Waals surface area contributed by atoms with Crippen LogP contribution in [0.3, 0.4) is 0 Å². The van der Waals surface area contributed by atoms with Gasteiger partial charge in [0.25, 0.3) is 0 Å². The van der Waals surface area contributed by atoms with Crippen molar-refractivity contribution in [2.75, 3.05) is 6.61 Å². The molecule has 1 aliphatic rings. The number of rotatable bonds is 3. The van der Waals surface area contributed by atoms with Crippen LogP contribution < -0.4 is 11.2 Å². The van der Waals surface area contributed by atoms with Crippen LogP contribution in [0.5, 0.6) is 0 Å². The Balaban J connectivity index is 2.44. The van der Waals surface area contributed by atoms with Crippen LogP contribution in [0.15, 0.2) is 15.8 Å². The molecular formula is C11H16N2O5Se. The number of hydrogen-bond acceptors (Lipinski definition) is 5. The van der Waals surface area contributed by atoms with Crippen LogP contribution in [0.1, 0.15) is 11.8 Å². The molecule has 3 N–H and O–H groups in total. The molecular weight excluding hydrogens is 319 g/mol. The summed E-state index contributed by atoms with van der Waals surface area (Å²) in [6.45, 7) is 1.29. The SMILES string of the molecule is C[Se]C1[C@@H](O)[C@@H](CO)O[C@H]1n1cc(C)c(=O)[nH]c1=O. The van der Waals surface area contributed by atoms with E-state index in [0.717, 1.165) is 0 Å². The molecule has 0 radical (unpaired) electrons. The van der Waals surface area contributed by atoms with Gasteiger partial charge in [0.15, 0.2) is 0 Å². The molecule has 0 aliphatic carbocycles. The van der Waals surface area contributed by atoms with Gasteiger partial charge in [-0.15, -0.1) is 0 Å². The first kappa shape index (κ1) is 14.5. The van der Waals surface area contributed by atoms with Crippen molar-refractivity contribution >= 4 is 15.0 Å². The number of nitrogens with zero attached hydrogens (tertiary/aromatic N) is 1. The van der Waals surface area contributed by atoms with Gasteiger partial charge in [0.05, 0.1) is 0 Å². The Kier molecular flexibility index (Phi) is 4.27. The summed E-state index contributed by atoms with van der Waals surface area (Å²) in [5.74, 6) is 1.93. The Labute approximate surface area is 115 Å². The van der Waals surface area contributed by atoms with E-state index >= 15 is 0 Å². The van der Waals surface area contributed by atoms with E-state index < -0.39 is 29.7 Å². The summed E-state index contributed by atoms with van der Waals surface area (Å²) in [7, 11) is 0. The zero-order valence-electron chi connectivity index (χ0n) is 10.6. The summed E-state index contributed by atoms with van der Waals surface area (Å²) in [5, 5.41) is 19.2. The van der Waals surface area contributed by atoms with E-state index in [-0.39, 0.29) is 26.4 Å². The van der Waals surface area contributed by atoms with Crippen molar-refractivity contribution < 1.29 is 14.9 Å². The second-order valence-corrected chi connectivity index (χ2v) is 6.55. The first-order chi connectivity index (χ1) is 8.99. The molecule has 4 atom stereocenters. The molecule has 2 rings (SSSR count). The standard InChI is InChI=1S/C11H16N2O5Se/c1-5-3-13(11(17)12-9(5)16)10-8(19-2)7(15)6(4-14)18-10/h3,6-8,10,14-15H,4H2,1-2H3,(H,12,16,17)/t6-,7+,8?,10-/m1/s1. The number of H-pyrrole nitrogens is 1. The van der Waals surface area contributed by atoms with Crippen molar-refractivity contribution in [3.63, 3.8) is 0 Å². The third-order valence-corrected chi connectivity index (χ3v) is 5.40. The van der Waals surface area contributed by atoms with Crippen LogP contribution in [0.4, 0.5) is 0 Å². The summed E-state index contributed by atoms with van der Waals surface area (Å²) in [6.07, 6.45) is -0.730. The number of aryl methyl sites for hydroxylation is 1. The molecule has 8 heteroatoms. The molecule has 1 aromatic heterocycles. The number of hydrogen-bond donors (Lipinski definition) is 3. The molecule has 0 saturated carbocycles. The summed E-state index contributed by atoms with van der Waals surface area (Å²) in [6, 6.07) is 0. The molecule has 1 aromatic rings. The predicted octanol–water partition coefficient (Wildman–Crippen LogP) is -1.36. The molecule has 0 aromatic carbocycles. The average molecular weight is 335 g/mol. The van der Waals surface area contributed by atoms with E-state index in [0.29, 0.717) is 5.56 Å². The first-order valence-corrected chi connectivity index (χ1v) is 8.49. The van der Waals surface area contributed by atoms with Crippen LogP contribution in [0, 0.1) is 6.92 Å². The van der Waals surface area contributed by atoms with Crippen molar-refractivity contribution in [2.24, 2.45) is 0 Å². The number of aromatic nitrogens is 2. The molecule has 0 bridgehead atoms. The van der Waals surface area contributed by atoms with E-state index in [1.807, 2.05) is 5.82 Å².